The van der Waals surface area contributed by atoms with Crippen LogP contribution in [0.25, 0.3) is 5.76 Å². The number of aliphatic hydroxyl groups excluding tert-OH is 1. The maximum atomic E-state index is 13.6. The first kappa shape index (κ1) is 24.5. The van der Waals surface area contributed by atoms with Crippen molar-refractivity contribution in [2.24, 2.45) is 0 Å². The summed E-state index contributed by atoms with van der Waals surface area (Å²) in [6, 6.07) is 9.80. The molecule has 2 aromatic carbocycles. The van der Waals surface area contributed by atoms with E-state index < -0.39 is 23.5 Å². The molecule has 7 heteroatoms. The van der Waals surface area contributed by atoms with Gasteiger partial charge in [0.15, 0.2) is 0 Å². The fourth-order valence-corrected chi connectivity index (χ4v) is 3.83. The maximum Gasteiger partial charge on any atom is 0.295 e. The zero-order valence-electron chi connectivity index (χ0n) is 19.6. The molecular weight excluding hydrogens is 425 g/mol. The Morgan fingerprint density at radius 2 is 1.73 bits per heavy atom. The van der Waals surface area contributed by atoms with Crippen LogP contribution in [0, 0.1) is 12.7 Å². The Balaban J connectivity index is 2.07. The fraction of sp³-hybridized carbons (Fsp3) is 0.385. The van der Waals surface area contributed by atoms with Crippen molar-refractivity contribution in [3.8, 4) is 5.75 Å². The highest BCUT2D eigenvalue weighted by atomic mass is 19.1. The summed E-state index contributed by atoms with van der Waals surface area (Å²) < 4.78 is 24.9. The first-order valence-corrected chi connectivity index (χ1v) is 11.0. The largest absolute Gasteiger partial charge is 0.507 e. The third-order valence-electron chi connectivity index (χ3n) is 5.32. The van der Waals surface area contributed by atoms with Crippen LogP contribution in [0.4, 0.5) is 4.39 Å². The molecule has 3 rings (SSSR count). The Labute approximate surface area is 193 Å². The highest BCUT2D eigenvalue weighted by molar-refractivity contribution is 6.46. The van der Waals surface area contributed by atoms with Gasteiger partial charge in [0.25, 0.3) is 11.7 Å². The lowest BCUT2D eigenvalue weighted by atomic mass is 9.94. The minimum Gasteiger partial charge on any atom is -0.507 e. The summed E-state index contributed by atoms with van der Waals surface area (Å²) >= 11 is 0. The second kappa shape index (κ2) is 10.2. The monoisotopic (exact) mass is 455 g/mol. The first-order chi connectivity index (χ1) is 15.6. The number of likely N-dealkylation sites (tertiary alicyclic amines) is 1. The molecule has 0 aliphatic carbocycles. The molecule has 1 atom stereocenters. The zero-order valence-corrected chi connectivity index (χ0v) is 19.6. The Hall–Kier alpha value is -3.19. The number of halogens is 1. The molecule has 1 saturated heterocycles. The van der Waals surface area contributed by atoms with E-state index in [0.717, 1.165) is 5.56 Å². The van der Waals surface area contributed by atoms with Gasteiger partial charge < -0.3 is 19.5 Å². The van der Waals surface area contributed by atoms with Crippen LogP contribution in [0.15, 0.2) is 48.0 Å². The van der Waals surface area contributed by atoms with Crippen LogP contribution in [0.5, 0.6) is 5.75 Å². The molecule has 0 radical (unpaired) electrons. The van der Waals surface area contributed by atoms with E-state index in [9.17, 15) is 19.1 Å². The molecule has 33 heavy (non-hydrogen) atoms. The number of benzene rings is 2. The molecule has 1 heterocycles. The number of aliphatic hydroxyl groups is 1. The van der Waals surface area contributed by atoms with Gasteiger partial charge in [0.2, 0.25) is 0 Å². The van der Waals surface area contributed by atoms with Crippen LogP contribution >= 0.6 is 0 Å². The van der Waals surface area contributed by atoms with Crippen LogP contribution in [0.3, 0.4) is 0 Å². The minimum absolute atomic E-state index is 0.0139. The first-order valence-electron chi connectivity index (χ1n) is 11.0. The van der Waals surface area contributed by atoms with E-state index >= 15 is 0 Å². The molecule has 6 nitrogen and oxygen atoms in total. The number of ketones is 1. The van der Waals surface area contributed by atoms with Crippen LogP contribution in [-0.2, 0) is 14.3 Å². The number of hydrogen-bond donors (Lipinski definition) is 1. The highest BCUT2D eigenvalue weighted by Crippen LogP contribution is 2.39. The molecule has 176 valence electrons. The van der Waals surface area contributed by atoms with Crippen molar-refractivity contribution >= 4 is 17.4 Å². The van der Waals surface area contributed by atoms with E-state index in [4.69, 9.17) is 9.47 Å². The minimum atomic E-state index is -0.853. The molecule has 0 saturated carbocycles. The van der Waals surface area contributed by atoms with Crippen molar-refractivity contribution in [1.29, 1.82) is 0 Å². The van der Waals surface area contributed by atoms with E-state index in [0.29, 0.717) is 16.9 Å². The topological polar surface area (TPSA) is 76.1 Å². The van der Waals surface area contributed by atoms with Gasteiger partial charge in [-0.05, 0) is 76.1 Å². The Bertz CT molecular complexity index is 1060. The Morgan fingerprint density at radius 1 is 1.06 bits per heavy atom. The number of nitrogens with zero attached hydrogens (tertiary/aromatic N) is 1. The van der Waals surface area contributed by atoms with Crippen molar-refractivity contribution < 1.29 is 28.6 Å². The summed E-state index contributed by atoms with van der Waals surface area (Å²) in [6.45, 7) is 9.81. The van der Waals surface area contributed by atoms with E-state index in [1.807, 2.05) is 34.6 Å². The molecule has 0 spiro atoms. The van der Waals surface area contributed by atoms with E-state index in [-0.39, 0.29) is 36.7 Å². The molecule has 1 amide bonds. The Kier molecular flexibility index (Phi) is 7.53. The second-order valence-corrected chi connectivity index (χ2v) is 8.61. The van der Waals surface area contributed by atoms with Crippen LogP contribution in [-0.4, -0.2) is 47.1 Å². The smallest absolute Gasteiger partial charge is 0.295 e. The van der Waals surface area contributed by atoms with Crippen molar-refractivity contribution in [3.05, 3.63) is 70.5 Å². The van der Waals surface area contributed by atoms with Gasteiger partial charge in [0, 0.05) is 12.1 Å². The summed E-state index contributed by atoms with van der Waals surface area (Å²) in [5, 5.41) is 11.2. The van der Waals surface area contributed by atoms with Gasteiger partial charge in [-0.1, -0.05) is 12.1 Å². The average Bonchev–Trinajstić information content (AvgIpc) is 2.99. The van der Waals surface area contributed by atoms with Crippen LogP contribution in [0.1, 0.15) is 50.4 Å². The number of rotatable bonds is 8. The van der Waals surface area contributed by atoms with Crippen molar-refractivity contribution in [2.75, 3.05) is 13.2 Å². The number of aryl methyl sites for hydroxylation is 1. The molecular formula is C26H30FNO5. The molecule has 1 N–H and O–H groups in total. The van der Waals surface area contributed by atoms with Crippen molar-refractivity contribution in [1.82, 2.24) is 4.90 Å². The lowest BCUT2D eigenvalue weighted by molar-refractivity contribution is -0.140. The highest BCUT2D eigenvalue weighted by Gasteiger charge is 2.45. The third-order valence-corrected chi connectivity index (χ3v) is 5.32. The normalized spacial score (nSPS) is 17.9. The average molecular weight is 456 g/mol. The van der Waals surface area contributed by atoms with E-state index in [1.165, 1.54) is 29.2 Å². The number of amides is 1. The van der Waals surface area contributed by atoms with Gasteiger partial charge in [-0.2, -0.15) is 0 Å². The molecule has 1 aliphatic heterocycles. The van der Waals surface area contributed by atoms with Gasteiger partial charge in [-0.25, -0.2) is 4.39 Å². The predicted octanol–water partition coefficient (Wildman–Crippen LogP) is 4.77. The lowest BCUT2D eigenvalue weighted by Crippen LogP contribution is -2.33. The third kappa shape index (κ3) is 5.42. The van der Waals surface area contributed by atoms with Gasteiger partial charge in [0.1, 0.15) is 17.3 Å². The summed E-state index contributed by atoms with van der Waals surface area (Å²) in [6.07, 6.45) is -0.0550. The van der Waals surface area contributed by atoms with Gasteiger partial charge >= 0.3 is 0 Å². The van der Waals surface area contributed by atoms with E-state index in [1.54, 1.807) is 18.2 Å². The van der Waals surface area contributed by atoms with Crippen molar-refractivity contribution in [2.45, 2.75) is 52.9 Å². The SMILES string of the molecule is Cc1cc(/C(O)=C2/C(=O)C(=O)N(CCOC(C)C)C2c2ccc(F)cc2)ccc1OC(C)C. The molecule has 2 aromatic rings. The zero-order chi connectivity index (χ0) is 24.3. The molecule has 0 bridgehead atoms. The number of ether oxygens (including phenoxy) is 2. The Morgan fingerprint density at radius 3 is 2.30 bits per heavy atom. The number of carbonyl (C=O) groups excluding carboxylic acids is 2. The number of carbonyl (C=O) groups is 2. The van der Waals surface area contributed by atoms with Crippen LogP contribution in [0.2, 0.25) is 0 Å². The standard InChI is InChI=1S/C26H30FNO5/c1-15(2)32-13-12-28-23(18-6-9-20(27)10-7-18)22(25(30)26(28)31)24(29)19-8-11-21(17(5)14-19)33-16(3)4/h6-11,14-16,23,29H,12-13H2,1-5H3/b24-22-. The van der Waals surface area contributed by atoms with Gasteiger partial charge in [-0.15, -0.1) is 0 Å². The van der Waals surface area contributed by atoms with Gasteiger partial charge in [-0.3, -0.25) is 9.59 Å². The second-order valence-electron chi connectivity index (χ2n) is 8.61. The molecule has 1 fully saturated rings. The molecule has 0 aromatic heterocycles. The predicted molar refractivity (Wildman–Crippen MR) is 123 cm³/mol. The van der Waals surface area contributed by atoms with Gasteiger partial charge in [0.05, 0.1) is 30.4 Å². The van der Waals surface area contributed by atoms with E-state index in [2.05, 4.69) is 0 Å². The summed E-state index contributed by atoms with van der Waals surface area (Å²) in [5.74, 6) is -1.56. The number of hydrogen-bond acceptors (Lipinski definition) is 5. The van der Waals surface area contributed by atoms with Crippen molar-refractivity contribution in [3.63, 3.8) is 0 Å². The quantitative estimate of drug-likeness (QED) is 0.353. The summed E-state index contributed by atoms with van der Waals surface area (Å²) in [5.41, 5.74) is 1.67. The van der Waals surface area contributed by atoms with Crippen LogP contribution < -0.4 is 4.74 Å². The summed E-state index contributed by atoms with van der Waals surface area (Å²) in [7, 11) is 0. The lowest BCUT2D eigenvalue weighted by Gasteiger charge is -2.25. The molecule has 1 unspecified atom stereocenters. The fourth-order valence-electron chi connectivity index (χ4n) is 3.83. The molecule has 1 aliphatic rings. The summed E-state index contributed by atoms with van der Waals surface area (Å²) in [4.78, 5) is 27.3. The number of Topliss-reactive ketones (excluding diaryl/α,β-unsaturated/α-hetero) is 1. The maximum absolute atomic E-state index is 13.6.